The van der Waals surface area contributed by atoms with Crippen LogP contribution in [0.25, 0.3) is 0 Å². The van der Waals surface area contributed by atoms with Gasteiger partial charge < -0.3 is 19.9 Å². The maximum Gasteiger partial charge on any atom is 0.245 e. The van der Waals surface area contributed by atoms with Gasteiger partial charge >= 0.3 is 0 Å². The van der Waals surface area contributed by atoms with Gasteiger partial charge in [0.15, 0.2) is 0 Å². The number of nitrogens with one attached hydrogen (secondary N) is 1. The predicted molar refractivity (Wildman–Crippen MR) is 77.7 cm³/mol. The molecule has 6 heteroatoms. The molecule has 3 aliphatic heterocycles. The Morgan fingerprint density at radius 1 is 1.19 bits per heavy atom. The van der Waals surface area contributed by atoms with Gasteiger partial charge in [-0.2, -0.15) is 0 Å². The number of rotatable bonds is 3. The smallest absolute Gasteiger partial charge is 0.245 e. The molecule has 2 unspecified atom stereocenters. The summed E-state index contributed by atoms with van der Waals surface area (Å²) < 4.78 is 5.30. The molecule has 0 aliphatic carbocycles. The summed E-state index contributed by atoms with van der Waals surface area (Å²) in [5.41, 5.74) is 0. The van der Waals surface area contributed by atoms with E-state index >= 15 is 0 Å². The van der Waals surface area contributed by atoms with Crippen molar-refractivity contribution in [2.24, 2.45) is 11.8 Å². The molecule has 3 heterocycles. The molecule has 3 fully saturated rings. The van der Waals surface area contributed by atoms with Crippen molar-refractivity contribution in [1.82, 2.24) is 15.1 Å². The molecule has 0 aromatic heterocycles. The quantitative estimate of drug-likeness (QED) is 0.776. The number of hydrogen-bond acceptors (Lipinski definition) is 4. The van der Waals surface area contributed by atoms with Crippen LogP contribution in [0.3, 0.4) is 0 Å². The molecule has 0 spiro atoms. The van der Waals surface area contributed by atoms with Crippen LogP contribution in [-0.2, 0) is 14.3 Å². The van der Waals surface area contributed by atoms with E-state index in [2.05, 4.69) is 5.32 Å². The number of morpholine rings is 1. The maximum atomic E-state index is 12.7. The van der Waals surface area contributed by atoms with Crippen molar-refractivity contribution in [2.75, 3.05) is 45.9 Å². The summed E-state index contributed by atoms with van der Waals surface area (Å²) in [6.07, 6.45) is 1.74. The summed E-state index contributed by atoms with van der Waals surface area (Å²) in [4.78, 5) is 29.0. The van der Waals surface area contributed by atoms with Gasteiger partial charge in [0.05, 0.1) is 13.2 Å². The van der Waals surface area contributed by atoms with E-state index in [1.54, 1.807) is 0 Å². The summed E-state index contributed by atoms with van der Waals surface area (Å²) >= 11 is 0. The van der Waals surface area contributed by atoms with Gasteiger partial charge in [-0.1, -0.05) is 6.92 Å². The highest BCUT2D eigenvalue weighted by molar-refractivity contribution is 5.89. The van der Waals surface area contributed by atoms with Crippen LogP contribution in [0.2, 0.25) is 0 Å². The molecule has 0 radical (unpaired) electrons. The third-order valence-electron chi connectivity index (χ3n) is 5.05. The van der Waals surface area contributed by atoms with Crippen molar-refractivity contribution in [3.8, 4) is 0 Å². The molecule has 6 nitrogen and oxygen atoms in total. The highest BCUT2D eigenvalue weighted by atomic mass is 16.5. The first-order chi connectivity index (χ1) is 10.2. The third kappa shape index (κ3) is 2.92. The van der Waals surface area contributed by atoms with E-state index in [9.17, 15) is 9.59 Å². The minimum atomic E-state index is -0.244. The minimum Gasteiger partial charge on any atom is -0.378 e. The molecule has 2 amide bonds. The van der Waals surface area contributed by atoms with E-state index in [1.165, 1.54) is 0 Å². The van der Waals surface area contributed by atoms with E-state index in [1.807, 2.05) is 16.7 Å². The van der Waals surface area contributed by atoms with Gasteiger partial charge in [0, 0.05) is 25.6 Å². The number of carbonyl (C=O) groups is 2. The summed E-state index contributed by atoms with van der Waals surface area (Å²) in [6, 6.07) is -0.244. The van der Waals surface area contributed by atoms with Crippen molar-refractivity contribution in [3.05, 3.63) is 0 Å². The molecule has 0 aromatic rings. The summed E-state index contributed by atoms with van der Waals surface area (Å²) in [6.45, 7) is 7.09. The second-order valence-electron chi connectivity index (χ2n) is 6.33. The van der Waals surface area contributed by atoms with Crippen LogP contribution in [0.5, 0.6) is 0 Å². The second kappa shape index (κ2) is 6.32. The van der Waals surface area contributed by atoms with Gasteiger partial charge in [-0.15, -0.1) is 0 Å². The van der Waals surface area contributed by atoms with Crippen LogP contribution in [0.15, 0.2) is 0 Å². The Kier molecular flexibility index (Phi) is 4.45. The molecule has 3 saturated heterocycles. The van der Waals surface area contributed by atoms with Crippen LogP contribution in [0.1, 0.15) is 19.8 Å². The Balaban J connectivity index is 1.63. The molecule has 3 rings (SSSR count). The van der Waals surface area contributed by atoms with Gasteiger partial charge in [0.2, 0.25) is 11.8 Å². The van der Waals surface area contributed by atoms with E-state index in [0.717, 1.165) is 32.5 Å². The molecular weight excluding hydrogens is 270 g/mol. The number of nitrogens with zero attached hydrogens (tertiary/aromatic N) is 2. The normalized spacial score (nSPS) is 28.3. The number of hydrogen-bond donors (Lipinski definition) is 1. The first-order valence-corrected chi connectivity index (χ1v) is 8.06. The second-order valence-corrected chi connectivity index (χ2v) is 6.33. The molecule has 2 atom stereocenters. The zero-order valence-electron chi connectivity index (χ0n) is 12.7. The number of amides is 2. The van der Waals surface area contributed by atoms with Crippen molar-refractivity contribution in [1.29, 1.82) is 0 Å². The Morgan fingerprint density at radius 2 is 1.90 bits per heavy atom. The Hall–Kier alpha value is -1.14. The molecule has 0 saturated carbocycles. The van der Waals surface area contributed by atoms with Crippen molar-refractivity contribution >= 4 is 11.8 Å². The SMILES string of the molecule is CC(C(=O)N1CCCC1C(=O)N1CCOCC1)C1CNC1. The fraction of sp³-hybridized carbons (Fsp3) is 0.867. The summed E-state index contributed by atoms with van der Waals surface area (Å²) in [5, 5.41) is 3.21. The molecule has 3 aliphatic rings. The largest absolute Gasteiger partial charge is 0.378 e. The lowest BCUT2D eigenvalue weighted by molar-refractivity contribution is -0.149. The Labute approximate surface area is 125 Å². The monoisotopic (exact) mass is 295 g/mol. The Morgan fingerprint density at radius 3 is 2.52 bits per heavy atom. The zero-order chi connectivity index (χ0) is 14.8. The zero-order valence-corrected chi connectivity index (χ0v) is 12.7. The highest BCUT2D eigenvalue weighted by Crippen LogP contribution is 2.26. The lowest BCUT2D eigenvalue weighted by Gasteiger charge is -2.37. The topological polar surface area (TPSA) is 61.9 Å². The molecule has 0 aromatic carbocycles. The number of likely N-dealkylation sites (tertiary alicyclic amines) is 1. The van der Waals surface area contributed by atoms with Crippen molar-refractivity contribution in [2.45, 2.75) is 25.8 Å². The lowest BCUT2D eigenvalue weighted by Crippen LogP contribution is -2.54. The lowest BCUT2D eigenvalue weighted by atomic mass is 9.87. The van der Waals surface area contributed by atoms with Crippen molar-refractivity contribution in [3.63, 3.8) is 0 Å². The van der Waals surface area contributed by atoms with E-state index in [4.69, 9.17) is 4.74 Å². The average molecular weight is 295 g/mol. The minimum absolute atomic E-state index is 0.0179. The Bertz CT molecular complexity index is 385. The first kappa shape index (κ1) is 14.8. The van der Waals surface area contributed by atoms with Gasteiger partial charge in [-0.3, -0.25) is 9.59 Å². The summed E-state index contributed by atoms with van der Waals surface area (Å²) in [7, 11) is 0. The standard InChI is InChI=1S/C15H25N3O3/c1-11(12-9-16-10-12)14(19)18-4-2-3-13(18)15(20)17-5-7-21-8-6-17/h11-13,16H,2-10H2,1H3. The molecule has 1 N–H and O–H groups in total. The summed E-state index contributed by atoms with van der Waals surface area (Å²) in [5.74, 6) is 0.718. The number of carbonyl (C=O) groups excluding carboxylic acids is 2. The van der Waals surface area contributed by atoms with Crippen LogP contribution in [0, 0.1) is 11.8 Å². The van der Waals surface area contributed by atoms with Crippen LogP contribution < -0.4 is 5.32 Å². The first-order valence-electron chi connectivity index (χ1n) is 8.06. The van der Waals surface area contributed by atoms with E-state index < -0.39 is 0 Å². The van der Waals surface area contributed by atoms with Gasteiger partial charge in [-0.05, 0) is 31.8 Å². The average Bonchev–Trinajstić information content (AvgIpc) is 2.94. The predicted octanol–water partition coefficient (Wildman–Crippen LogP) is -0.308. The molecule has 21 heavy (non-hydrogen) atoms. The van der Waals surface area contributed by atoms with Crippen LogP contribution >= 0.6 is 0 Å². The molecule has 118 valence electrons. The maximum absolute atomic E-state index is 12.7. The van der Waals surface area contributed by atoms with E-state index in [-0.39, 0.29) is 23.8 Å². The highest BCUT2D eigenvalue weighted by Gasteiger charge is 2.40. The van der Waals surface area contributed by atoms with E-state index in [0.29, 0.717) is 32.2 Å². The van der Waals surface area contributed by atoms with Gasteiger partial charge in [0.1, 0.15) is 6.04 Å². The third-order valence-corrected chi connectivity index (χ3v) is 5.05. The van der Waals surface area contributed by atoms with Gasteiger partial charge in [0.25, 0.3) is 0 Å². The van der Waals surface area contributed by atoms with Crippen molar-refractivity contribution < 1.29 is 14.3 Å². The van der Waals surface area contributed by atoms with Gasteiger partial charge in [-0.25, -0.2) is 0 Å². The molecular formula is C15H25N3O3. The molecule has 0 bridgehead atoms. The fourth-order valence-electron chi connectivity index (χ4n) is 3.41. The van der Waals surface area contributed by atoms with Crippen LogP contribution in [-0.4, -0.2) is 73.6 Å². The van der Waals surface area contributed by atoms with Crippen LogP contribution in [0.4, 0.5) is 0 Å². The fourth-order valence-corrected chi connectivity index (χ4v) is 3.41. The number of ether oxygens (including phenoxy) is 1.